The highest BCUT2D eigenvalue weighted by molar-refractivity contribution is 6.42. The van der Waals surface area contributed by atoms with E-state index in [2.05, 4.69) is 10.2 Å². The summed E-state index contributed by atoms with van der Waals surface area (Å²) in [5.74, 6) is -0.223. The number of ether oxygens (including phenoxy) is 1. The van der Waals surface area contributed by atoms with E-state index in [-0.39, 0.29) is 25.0 Å². The van der Waals surface area contributed by atoms with E-state index in [9.17, 15) is 14.7 Å². The molecule has 1 fully saturated rings. The maximum absolute atomic E-state index is 13.8. The molecule has 0 saturated carbocycles. The van der Waals surface area contributed by atoms with Crippen molar-refractivity contribution in [3.63, 3.8) is 0 Å². The van der Waals surface area contributed by atoms with Crippen LogP contribution in [0.4, 0.5) is 10.5 Å². The molecule has 1 atom stereocenters. The summed E-state index contributed by atoms with van der Waals surface area (Å²) in [4.78, 5) is 30.4. The van der Waals surface area contributed by atoms with Gasteiger partial charge in [0.05, 0.1) is 22.2 Å². The molecule has 5 rings (SSSR count). The Morgan fingerprint density at radius 3 is 2.15 bits per heavy atom. The number of halogens is 2. The van der Waals surface area contributed by atoms with Crippen molar-refractivity contribution in [1.82, 2.24) is 9.80 Å². The van der Waals surface area contributed by atoms with Gasteiger partial charge in [-0.3, -0.25) is 10.1 Å². The second kappa shape index (κ2) is 16.1. The average molecular weight is 661 g/mol. The van der Waals surface area contributed by atoms with Crippen LogP contribution in [-0.2, 0) is 10.3 Å². The van der Waals surface area contributed by atoms with Gasteiger partial charge in [-0.2, -0.15) is 0 Å². The number of likely N-dealkylation sites (tertiary alicyclic amines) is 1. The van der Waals surface area contributed by atoms with Gasteiger partial charge in [0.2, 0.25) is 0 Å². The largest absolute Gasteiger partial charge is 0.447 e. The van der Waals surface area contributed by atoms with Crippen molar-refractivity contribution in [3.05, 3.63) is 136 Å². The Morgan fingerprint density at radius 2 is 1.50 bits per heavy atom. The van der Waals surface area contributed by atoms with Crippen LogP contribution in [0.15, 0.2) is 109 Å². The predicted octanol–water partition coefficient (Wildman–Crippen LogP) is 7.84. The molecular formula is C37H39Cl2N3O4. The van der Waals surface area contributed by atoms with E-state index >= 15 is 0 Å². The third kappa shape index (κ3) is 9.10. The van der Waals surface area contributed by atoms with Crippen molar-refractivity contribution >= 4 is 40.9 Å². The van der Waals surface area contributed by atoms with Gasteiger partial charge in [0.25, 0.3) is 5.91 Å². The van der Waals surface area contributed by atoms with Crippen molar-refractivity contribution in [3.8, 4) is 0 Å². The number of carbonyl (C=O) groups is 2. The number of hydrogen-bond donors (Lipinski definition) is 2. The monoisotopic (exact) mass is 659 g/mol. The number of hydrogen-bond acceptors (Lipinski definition) is 5. The number of aliphatic hydroxyl groups is 1. The second-order valence-corrected chi connectivity index (χ2v) is 12.5. The number of nitrogens with one attached hydrogen (secondary N) is 1. The minimum absolute atomic E-state index is 0.0233. The highest BCUT2D eigenvalue weighted by Gasteiger charge is 2.34. The number of amides is 2. The smallest absolute Gasteiger partial charge is 0.411 e. The third-order valence-electron chi connectivity index (χ3n) is 8.57. The molecule has 4 aromatic rings. The first-order chi connectivity index (χ1) is 22.3. The van der Waals surface area contributed by atoms with Crippen molar-refractivity contribution in [2.24, 2.45) is 0 Å². The zero-order valence-corrected chi connectivity index (χ0v) is 27.2. The fourth-order valence-corrected chi connectivity index (χ4v) is 6.19. The van der Waals surface area contributed by atoms with E-state index < -0.39 is 11.7 Å². The van der Waals surface area contributed by atoms with Crippen LogP contribution in [0.3, 0.4) is 0 Å². The van der Waals surface area contributed by atoms with Gasteiger partial charge in [0.1, 0.15) is 6.61 Å². The molecule has 2 amide bonds. The highest BCUT2D eigenvalue weighted by Crippen LogP contribution is 2.34. The van der Waals surface area contributed by atoms with Crippen LogP contribution in [-0.4, -0.2) is 66.2 Å². The third-order valence-corrected chi connectivity index (χ3v) is 9.31. The van der Waals surface area contributed by atoms with E-state index in [1.54, 1.807) is 35.2 Å². The molecule has 0 aromatic heterocycles. The minimum Gasteiger partial charge on any atom is -0.447 e. The first-order valence-corrected chi connectivity index (χ1v) is 16.3. The van der Waals surface area contributed by atoms with E-state index in [0.717, 1.165) is 37.2 Å². The topological polar surface area (TPSA) is 82.1 Å². The molecule has 0 spiro atoms. The molecule has 0 aliphatic carbocycles. The molecule has 240 valence electrons. The lowest BCUT2D eigenvalue weighted by molar-refractivity contribution is -0.0264. The van der Waals surface area contributed by atoms with Gasteiger partial charge in [-0.15, -0.1) is 0 Å². The zero-order chi connectivity index (χ0) is 32.4. The number of rotatable bonds is 12. The summed E-state index contributed by atoms with van der Waals surface area (Å²) in [6.07, 6.45) is 1.46. The Morgan fingerprint density at radius 1 is 0.870 bits per heavy atom. The summed E-state index contributed by atoms with van der Waals surface area (Å²) >= 11 is 12.7. The molecule has 1 heterocycles. The lowest BCUT2D eigenvalue weighted by Crippen LogP contribution is -2.43. The van der Waals surface area contributed by atoms with Crippen LogP contribution >= 0.6 is 23.2 Å². The zero-order valence-electron chi connectivity index (χ0n) is 25.7. The average Bonchev–Trinajstić information content (AvgIpc) is 3.09. The van der Waals surface area contributed by atoms with E-state index in [1.807, 2.05) is 78.9 Å². The maximum atomic E-state index is 13.8. The molecule has 1 aliphatic rings. The normalized spacial score (nSPS) is 15.1. The van der Waals surface area contributed by atoms with Crippen LogP contribution in [0.25, 0.3) is 0 Å². The van der Waals surface area contributed by atoms with Crippen LogP contribution in [0.1, 0.15) is 46.7 Å². The van der Waals surface area contributed by atoms with Gasteiger partial charge in [-0.05, 0) is 73.3 Å². The summed E-state index contributed by atoms with van der Waals surface area (Å²) in [6, 6.07) is 33.7. The number of carbonyl (C=O) groups excluding carboxylic acids is 2. The van der Waals surface area contributed by atoms with Crippen LogP contribution in [0.2, 0.25) is 10.0 Å². The van der Waals surface area contributed by atoms with Crippen molar-refractivity contribution in [2.45, 2.75) is 30.8 Å². The lowest BCUT2D eigenvalue weighted by Gasteiger charge is -2.39. The second-order valence-electron chi connectivity index (χ2n) is 11.6. The van der Waals surface area contributed by atoms with Crippen molar-refractivity contribution < 1.29 is 19.4 Å². The summed E-state index contributed by atoms with van der Waals surface area (Å²) in [5, 5.41) is 15.0. The fraction of sp³-hybridized carbons (Fsp3) is 0.297. The summed E-state index contributed by atoms with van der Waals surface area (Å²) in [5.41, 5.74) is 2.29. The summed E-state index contributed by atoms with van der Waals surface area (Å²) in [7, 11) is 0. The number of benzene rings is 4. The molecule has 46 heavy (non-hydrogen) atoms. The molecule has 1 unspecified atom stereocenters. The molecule has 7 nitrogen and oxygen atoms in total. The van der Waals surface area contributed by atoms with E-state index in [4.69, 9.17) is 27.9 Å². The maximum Gasteiger partial charge on any atom is 0.411 e. The molecule has 1 aliphatic heterocycles. The number of para-hydroxylation sites is 1. The van der Waals surface area contributed by atoms with Crippen LogP contribution in [0.5, 0.6) is 0 Å². The van der Waals surface area contributed by atoms with Crippen molar-refractivity contribution in [1.29, 1.82) is 0 Å². The van der Waals surface area contributed by atoms with Gasteiger partial charge >= 0.3 is 6.09 Å². The SMILES string of the molecule is O=C(Nc1ccccc1)OCCN(CC(CCN1CCC(O)(c2ccccc2)CC1)c1ccc(Cl)c(Cl)c1)C(=O)c1ccccc1. The van der Waals surface area contributed by atoms with Gasteiger partial charge < -0.3 is 19.6 Å². The summed E-state index contributed by atoms with van der Waals surface area (Å²) in [6.45, 7) is 2.92. The van der Waals surface area contributed by atoms with E-state index in [0.29, 0.717) is 40.7 Å². The molecule has 0 bridgehead atoms. The Labute approximate surface area is 280 Å². The van der Waals surface area contributed by atoms with Crippen molar-refractivity contribution in [2.75, 3.05) is 44.6 Å². The van der Waals surface area contributed by atoms with E-state index in [1.165, 1.54) is 0 Å². The predicted molar refractivity (Wildman–Crippen MR) is 184 cm³/mol. The van der Waals surface area contributed by atoms with Gasteiger partial charge in [-0.25, -0.2) is 4.79 Å². The number of nitrogens with zero attached hydrogens (tertiary/aromatic N) is 2. The molecular weight excluding hydrogens is 621 g/mol. The Hall–Kier alpha value is -3.88. The number of anilines is 1. The van der Waals surface area contributed by atoms with Crippen LogP contribution < -0.4 is 5.32 Å². The summed E-state index contributed by atoms with van der Waals surface area (Å²) < 4.78 is 5.48. The molecule has 2 N–H and O–H groups in total. The Balaban J connectivity index is 1.28. The van der Waals surface area contributed by atoms with Crippen LogP contribution in [0, 0.1) is 0 Å². The molecule has 9 heteroatoms. The Bertz CT molecular complexity index is 1570. The first kappa shape index (κ1) is 33.5. The minimum atomic E-state index is -0.827. The lowest BCUT2D eigenvalue weighted by atomic mass is 9.84. The van der Waals surface area contributed by atoms with Gasteiger partial charge in [0.15, 0.2) is 0 Å². The first-order valence-electron chi connectivity index (χ1n) is 15.6. The quantitative estimate of drug-likeness (QED) is 0.162. The molecule has 4 aromatic carbocycles. The highest BCUT2D eigenvalue weighted by atomic mass is 35.5. The molecule has 1 saturated heterocycles. The van der Waals surface area contributed by atoms with Gasteiger partial charge in [-0.1, -0.05) is 96.0 Å². The fourth-order valence-electron chi connectivity index (χ4n) is 5.88. The van der Waals surface area contributed by atoms with Gasteiger partial charge in [0, 0.05) is 36.8 Å². The standard InChI is InChI=1S/C37H39Cl2N3O4/c38-33-17-16-29(26-34(33)39)30(18-21-41-22-19-37(45,20-23-41)31-12-6-2-7-13-31)27-42(35(43)28-10-4-1-5-11-28)24-25-46-36(44)40-32-14-8-3-9-15-32/h1-17,26,30,45H,18-25,27H2,(H,40,44). The molecule has 0 radical (unpaired) electrons. The Kier molecular flexibility index (Phi) is 11.7. The number of piperidine rings is 1.